The molecule has 0 aromatic carbocycles. The Bertz CT molecular complexity index is 642. The molecule has 23 heavy (non-hydrogen) atoms. The van der Waals surface area contributed by atoms with Gasteiger partial charge in [0.1, 0.15) is 0 Å². The lowest BCUT2D eigenvalue weighted by Gasteiger charge is -2.07. The molecule has 0 spiro atoms. The predicted octanol–water partition coefficient (Wildman–Crippen LogP) is 4.44. The molecule has 5 heteroatoms. The van der Waals surface area contributed by atoms with Crippen molar-refractivity contribution in [1.29, 1.82) is 0 Å². The standard InChI is InChI=1S/C18H22N2O2S/c1-13(2)23-17-8-5-7-16(20-17)14-10-11-15(19-12-14)6-3-4-9-18(21)22/h5,7-8,10-13H,3-4,6,9H2,1-2H3,(H,21,22). The summed E-state index contributed by atoms with van der Waals surface area (Å²) in [6.07, 6.45) is 4.41. The minimum Gasteiger partial charge on any atom is -0.481 e. The average molecular weight is 330 g/mol. The van der Waals surface area contributed by atoms with Crippen LogP contribution in [-0.2, 0) is 11.2 Å². The van der Waals surface area contributed by atoms with Crippen molar-refractivity contribution in [3.8, 4) is 11.3 Å². The third-order valence-electron chi connectivity index (χ3n) is 3.27. The Morgan fingerprint density at radius 3 is 2.70 bits per heavy atom. The van der Waals surface area contributed by atoms with Gasteiger partial charge in [-0.05, 0) is 43.5 Å². The van der Waals surface area contributed by atoms with Crippen LogP contribution in [0.1, 0.15) is 38.8 Å². The highest BCUT2D eigenvalue weighted by Crippen LogP contribution is 2.24. The second-order valence-electron chi connectivity index (χ2n) is 5.67. The topological polar surface area (TPSA) is 63.1 Å². The van der Waals surface area contributed by atoms with Crippen molar-refractivity contribution in [3.05, 3.63) is 42.2 Å². The number of aromatic nitrogens is 2. The van der Waals surface area contributed by atoms with E-state index in [2.05, 4.69) is 23.8 Å². The van der Waals surface area contributed by atoms with Crippen molar-refractivity contribution in [2.24, 2.45) is 0 Å². The molecule has 0 fully saturated rings. The minimum absolute atomic E-state index is 0.225. The Hall–Kier alpha value is -1.88. The van der Waals surface area contributed by atoms with Gasteiger partial charge in [0.2, 0.25) is 0 Å². The molecule has 2 heterocycles. The van der Waals surface area contributed by atoms with Crippen molar-refractivity contribution in [2.45, 2.75) is 49.8 Å². The Labute approximate surface area is 141 Å². The number of pyridine rings is 2. The molecule has 0 radical (unpaired) electrons. The average Bonchev–Trinajstić information content (AvgIpc) is 2.52. The molecule has 4 nitrogen and oxygen atoms in total. The second-order valence-corrected chi connectivity index (χ2v) is 7.26. The van der Waals surface area contributed by atoms with E-state index in [0.717, 1.165) is 34.8 Å². The number of carboxylic acids is 1. The lowest BCUT2D eigenvalue weighted by molar-refractivity contribution is -0.137. The predicted molar refractivity (Wildman–Crippen MR) is 93.7 cm³/mol. The van der Waals surface area contributed by atoms with E-state index in [1.54, 1.807) is 11.8 Å². The van der Waals surface area contributed by atoms with Crippen molar-refractivity contribution in [1.82, 2.24) is 9.97 Å². The second kappa shape index (κ2) is 8.67. The largest absolute Gasteiger partial charge is 0.481 e. The number of carboxylic acid groups (broad SMARTS) is 1. The van der Waals surface area contributed by atoms with Crippen LogP contribution in [0.5, 0.6) is 0 Å². The number of unbranched alkanes of at least 4 members (excludes halogenated alkanes) is 1. The number of aryl methyl sites for hydroxylation is 1. The fourth-order valence-electron chi connectivity index (χ4n) is 2.19. The quantitative estimate of drug-likeness (QED) is 0.572. The summed E-state index contributed by atoms with van der Waals surface area (Å²) in [6, 6.07) is 10.1. The summed E-state index contributed by atoms with van der Waals surface area (Å²) in [5.74, 6) is -0.737. The molecule has 0 saturated carbocycles. The van der Waals surface area contributed by atoms with Crippen LogP contribution in [0.2, 0.25) is 0 Å². The van der Waals surface area contributed by atoms with E-state index < -0.39 is 5.97 Å². The van der Waals surface area contributed by atoms with E-state index in [1.165, 1.54) is 0 Å². The summed E-state index contributed by atoms with van der Waals surface area (Å²) in [4.78, 5) is 19.6. The van der Waals surface area contributed by atoms with Gasteiger partial charge in [-0.1, -0.05) is 19.9 Å². The van der Waals surface area contributed by atoms with Crippen LogP contribution < -0.4 is 0 Å². The highest BCUT2D eigenvalue weighted by atomic mass is 32.2. The van der Waals surface area contributed by atoms with Crippen LogP contribution in [-0.4, -0.2) is 26.3 Å². The zero-order chi connectivity index (χ0) is 16.7. The molecule has 0 unspecified atom stereocenters. The first kappa shape index (κ1) is 17.5. The van der Waals surface area contributed by atoms with Crippen LogP contribution in [0.3, 0.4) is 0 Å². The Morgan fingerprint density at radius 1 is 1.22 bits per heavy atom. The molecule has 0 aliphatic carbocycles. The number of thioether (sulfide) groups is 1. The number of aliphatic carboxylic acids is 1. The molecule has 2 rings (SSSR count). The third kappa shape index (κ3) is 6.02. The van der Waals surface area contributed by atoms with Gasteiger partial charge >= 0.3 is 5.97 Å². The van der Waals surface area contributed by atoms with E-state index >= 15 is 0 Å². The summed E-state index contributed by atoms with van der Waals surface area (Å²) < 4.78 is 0. The van der Waals surface area contributed by atoms with E-state index in [9.17, 15) is 4.79 Å². The van der Waals surface area contributed by atoms with Gasteiger partial charge in [0.25, 0.3) is 0 Å². The summed E-state index contributed by atoms with van der Waals surface area (Å²) in [5.41, 5.74) is 2.93. The van der Waals surface area contributed by atoms with Gasteiger partial charge in [-0.15, -0.1) is 11.8 Å². The molecule has 0 saturated heterocycles. The number of carbonyl (C=O) groups is 1. The summed E-state index contributed by atoms with van der Waals surface area (Å²) >= 11 is 1.75. The van der Waals surface area contributed by atoms with Gasteiger partial charge in [0, 0.05) is 29.1 Å². The van der Waals surface area contributed by atoms with E-state index in [4.69, 9.17) is 5.11 Å². The lowest BCUT2D eigenvalue weighted by Crippen LogP contribution is -1.96. The van der Waals surface area contributed by atoms with Gasteiger partial charge in [-0.3, -0.25) is 9.78 Å². The molecule has 122 valence electrons. The Balaban J connectivity index is 1.97. The fraction of sp³-hybridized carbons (Fsp3) is 0.389. The first-order chi connectivity index (χ1) is 11.0. The molecule has 2 aromatic rings. The lowest BCUT2D eigenvalue weighted by atomic mass is 10.1. The summed E-state index contributed by atoms with van der Waals surface area (Å²) in [5, 5.41) is 10.2. The molecule has 0 aliphatic rings. The smallest absolute Gasteiger partial charge is 0.303 e. The van der Waals surface area contributed by atoms with Gasteiger partial charge in [-0.2, -0.15) is 0 Å². The van der Waals surface area contributed by atoms with Crippen LogP contribution >= 0.6 is 11.8 Å². The fourth-order valence-corrected chi connectivity index (χ4v) is 2.98. The van der Waals surface area contributed by atoms with Crippen LogP contribution in [0, 0.1) is 0 Å². The van der Waals surface area contributed by atoms with E-state index in [-0.39, 0.29) is 6.42 Å². The maximum absolute atomic E-state index is 10.5. The monoisotopic (exact) mass is 330 g/mol. The molecule has 0 amide bonds. The number of rotatable bonds is 8. The highest BCUT2D eigenvalue weighted by Gasteiger charge is 2.05. The molecule has 1 N–H and O–H groups in total. The number of hydrogen-bond acceptors (Lipinski definition) is 4. The molecule has 0 atom stereocenters. The van der Waals surface area contributed by atoms with Crippen molar-refractivity contribution >= 4 is 17.7 Å². The molecular formula is C18H22N2O2S. The normalized spacial score (nSPS) is 10.9. The summed E-state index contributed by atoms with van der Waals surface area (Å²) in [7, 11) is 0. The maximum Gasteiger partial charge on any atom is 0.303 e. The molecular weight excluding hydrogens is 308 g/mol. The van der Waals surface area contributed by atoms with Crippen molar-refractivity contribution in [3.63, 3.8) is 0 Å². The van der Waals surface area contributed by atoms with Crippen LogP contribution in [0.4, 0.5) is 0 Å². The maximum atomic E-state index is 10.5. The molecule has 0 aliphatic heterocycles. The SMILES string of the molecule is CC(C)Sc1cccc(-c2ccc(CCCCC(=O)O)nc2)n1. The number of nitrogens with zero attached hydrogens (tertiary/aromatic N) is 2. The van der Waals surface area contributed by atoms with E-state index in [1.807, 2.05) is 36.5 Å². The van der Waals surface area contributed by atoms with Crippen molar-refractivity contribution in [2.75, 3.05) is 0 Å². The third-order valence-corrected chi connectivity index (χ3v) is 4.21. The Morgan fingerprint density at radius 2 is 2.04 bits per heavy atom. The van der Waals surface area contributed by atoms with Crippen LogP contribution in [0.25, 0.3) is 11.3 Å². The molecule has 2 aromatic heterocycles. The van der Waals surface area contributed by atoms with Gasteiger partial charge in [-0.25, -0.2) is 4.98 Å². The zero-order valence-corrected chi connectivity index (χ0v) is 14.3. The van der Waals surface area contributed by atoms with Crippen molar-refractivity contribution < 1.29 is 9.90 Å². The van der Waals surface area contributed by atoms with Gasteiger partial charge < -0.3 is 5.11 Å². The van der Waals surface area contributed by atoms with Gasteiger partial charge in [0.15, 0.2) is 0 Å². The van der Waals surface area contributed by atoms with Gasteiger partial charge in [0.05, 0.1) is 10.7 Å². The highest BCUT2D eigenvalue weighted by molar-refractivity contribution is 7.99. The summed E-state index contributed by atoms with van der Waals surface area (Å²) in [6.45, 7) is 4.31. The zero-order valence-electron chi connectivity index (χ0n) is 13.5. The first-order valence-corrected chi connectivity index (χ1v) is 8.73. The Kier molecular flexibility index (Phi) is 6.59. The molecule has 0 bridgehead atoms. The van der Waals surface area contributed by atoms with E-state index in [0.29, 0.717) is 11.7 Å². The first-order valence-electron chi connectivity index (χ1n) is 7.85. The minimum atomic E-state index is -0.737. The number of hydrogen-bond donors (Lipinski definition) is 1. The van der Waals surface area contributed by atoms with Crippen LogP contribution in [0.15, 0.2) is 41.6 Å².